The van der Waals surface area contributed by atoms with Crippen molar-refractivity contribution in [2.45, 2.75) is 39.3 Å². The van der Waals surface area contributed by atoms with Gasteiger partial charge in [0, 0.05) is 18.4 Å². The van der Waals surface area contributed by atoms with Crippen molar-refractivity contribution in [2.75, 3.05) is 20.3 Å². The van der Waals surface area contributed by atoms with Crippen LogP contribution in [0.25, 0.3) is 16.7 Å². The fourth-order valence-corrected chi connectivity index (χ4v) is 4.65. The average Bonchev–Trinajstić information content (AvgIpc) is 3.44. The lowest BCUT2D eigenvalue weighted by molar-refractivity contribution is 0.0521. The second-order valence-electron chi connectivity index (χ2n) is 9.04. The summed E-state index contributed by atoms with van der Waals surface area (Å²) in [5.74, 6) is -0.774. The number of methoxy groups -OCH3 is 1. The van der Waals surface area contributed by atoms with Crippen molar-refractivity contribution in [1.29, 1.82) is 0 Å². The van der Waals surface area contributed by atoms with Gasteiger partial charge in [-0.3, -0.25) is 14.0 Å². The maximum atomic E-state index is 13.6. The molecular weight excluding hydrogens is 488 g/mol. The molecule has 0 radical (unpaired) electrons. The topological polar surface area (TPSA) is 113 Å². The SMILES string of the molecule is CCOC(=O)c1cc2c(=O)n3cccc(C)c3nc2n(C[C@@H]2CCCO2)c1=NC(=O)c1cccc(OC)c1. The van der Waals surface area contributed by atoms with E-state index >= 15 is 0 Å². The van der Waals surface area contributed by atoms with Crippen molar-refractivity contribution < 1.29 is 23.8 Å². The number of ether oxygens (including phenoxy) is 3. The zero-order valence-electron chi connectivity index (χ0n) is 21.5. The normalized spacial score (nSPS) is 15.8. The predicted molar refractivity (Wildman–Crippen MR) is 140 cm³/mol. The number of esters is 1. The molecule has 5 rings (SSSR count). The first kappa shape index (κ1) is 25.3. The fraction of sp³-hybridized carbons (Fsp3) is 0.321. The van der Waals surface area contributed by atoms with E-state index in [1.807, 2.05) is 13.0 Å². The van der Waals surface area contributed by atoms with Gasteiger partial charge in [-0.25, -0.2) is 9.78 Å². The van der Waals surface area contributed by atoms with Crippen LogP contribution in [0.4, 0.5) is 0 Å². The van der Waals surface area contributed by atoms with Crippen molar-refractivity contribution in [3.63, 3.8) is 0 Å². The van der Waals surface area contributed by atoms with E-state index in [4.69, 9.17) is 19.2 Å². The Kier molecular flexibility index (Phi) is 7.06. The second-order valence-corrected chi connectivity index (χ2v) is 9.04. The largest absolute Gasteiger partial charge is 0.497 e. The quantitative estimate of drug-likeness (QED) is 0.286. The Hall–Kier alpha value is -4.31. The Labute approximate surface area is 218 Å². The number of rotatable bonds is 6. The van der Waals surface area contributed by atoms with Crippen molar-refractivity contribution >= 4 is 28.6 Å². The summed E-state index contributed by atoms with van der Waals surface area (Å²) in [5, 5.41) is 0.210. The molecule has 0 aliphatic carbocycles. The van der Waals surface area contributed by atoms with Crippen LogP contribution in [0.3, 0.4) is 0 Å². The molecule has 1 amide bonds. The zero-order chi connectivity index (χ0) is 26.8. The smallest absolute Gasteiger partial charge is 0.341 e. The number of aryl methyl sites for hydroxylation is 1. The molecule has 1 atom stereocenters. The monoisotopic (exact) mass is 516 g/mol. The summed E-state index contributed by atoms with van der Waals surface area (Å²) in [6, 6.07) is 11.6. The molecule has 0 bridgehead atoms. The minimum Gasteiger partial charge on any atom is -0.497 e. The molecule has 1 fully saturated rings. The first-order chi connectivity index (χ1) is 18.4. The van der Waals surface area contributed by atoms with E-state index in [0.29, 0.717) is 23.7 Å². The molecule has 1 saturated heterocycles. The van der Waals surface area contributed by atoms with Crippen LogP contribution in [0.2, 0.25) is 0 Å². The van der Waals surface area contributed by atoms with Gasteiger partial charge >= 0.3 is 5.97 Å². The lowest BCUT2D eigenvalue weighted by Gasteiger charge is -2.18. The van der Waals surface area contributed by atoms with Crippen molar-refractivity contribution in [3.05, 3.63) is 81.2 Å². The van der Waals surface area contributed by atoms with Crippen molar-refractivity contribution in [1.82, 2.24) is 14.0 Å². The molecule has 0 unspecified atom stereocenters. The third kappa shape index (κ3) is 4.70. The third-order valence-electron chi connectivity index (χ3n) is 6.53. The Morgan fingerprint density at radius 2 is 2.03 bits per heavy atom. The highest BCUT2D eigenvalue weighted by Crippen LogP contribution is 2.19. The number of hydrogen-bond acceptors (Lipinski definition) is 7. The highest BCUT2D eigenvalue weighted by atomic mass is 16.5. The highest BCUT2D eigenvalue weighted by Gasteiger charge is 2.24. The van der Waals surface area contributed by atoms with Gasteiger partial charge in [0.05, 0.1) is 31.8 Å². The van der Waals surface area contributed by atoms with E-state index < -0.39 is 11.9 Å². The number of benzene rings is 1. The number of carbonyl (C=O) groups excluding carboxylic acids is 2. The van der Waals surface area contributed by atoms with Crippen LogP contribution >= 0.6 is 0 Å². The lowest BCUT2D eigenvalue weighted by atomic mass is 10.1. The number of pyridine rings is 2. The third-order valence-corrected chi connectivity index (χ3v) is 6.53. The number of amides is 1. The standard InChI is InChI=1S/C28H28N4O6/c1-4-37-28(35)22-15-21-24(29-23-17(2)8-6-12-31(23)27(21)34)32(16-20-11-7-13-38-20)25(22)30-26(33)18-9-5-10-19(14-18)36-3/h5-6,8-10,12,14-15,20H,4,7,11,13,16H2,1-3H3/t20-/m0/s1. The minimum absolute atomic E-state index is 0.0000890. The molecule has 1 aromatic carbocycles. The van der Waals surface area contributed by atoms with Gasteiger partial charge in [0.1, 0.15) is 22.6 Å². The van der Waals surface area contributed by atoms with Crippen LogP contribution in [0.5, 0.6) is 5.75 Å². The van der Waals surface area contributed by atoms with Crippen LogP contribution in [0.15, 0.2) is 58.4 Å². The number of fused-ring (bicyclic) bond motifs is 2. The van der Waals surface area contributed by atoms with E-state index in [1.54, 1.807) is 48.0 Å². The molecule has 10 heteroatoms. The molecule has 1 aliphatic heterocycles. The van der Waals surface area contributed by atoms with Gasteiger partial charge in [0.2, 0.25) is 0 Å². The van der Waals surface area contributed by atoms with E-state index in [1.165, 1.54) is 17.6 Å². The minimum atomic E-state index is -0.693. The lowest BCUT2D eigenvalue weighted by Crippen LogP contribution is -2.35. The molecule has 3 aromatic heterocycles. The summed E-state index contributed by atoms with van der Waals surface area (Å²) < 4.78 is 19.5. The highest BCUT2D eigenvalue weighted by molar-refractivity contribution is 5.97. The van der Waals surface area contributed by atoms with E-state index in [0.717, 1.165) is 18.4 Å². The molecule has 38 heavy (non-hydrogen) atoms. The van der Waals surface area contributed by atoms with E-state index in [-0.39, 0.29) is 46.8 Å². The Bertz CT molecular complexity index is 1680. The van der Waals surface area contributed by atoms with Crippen LogP contribution < -0.4 is 15.8 Å². The van der Waals surface area contributed by atoms with Crippen LogP contribution in [-0.4, -0.2) is 52.3 Å². The van der Waals surface area contributed by atoms with Crippen LogP contribution in [-0.2, 0) is 16.0 Å². The van der Waals surface area contributed by atoms with Gasteiger partial charge in [0.25, 0.3) is 11.5 Å². The maximum absolute atomic E-state index is 13.6. The van der Waals surface area contributed by atoms with E-state index in [2.05, 4.69) is 4.99 Å². The van der Waals surface area contributed by atoms with Gasteiger partial charge in [-0.1, -0.05) is 12.1 Å². The Morgan fingerprint density at radius 3 is 2.76 bits per heavy atom. The Morgan fingerprint density at radius 1 is 1.18 bits per heavy atom. The molecule has 10 nitrogen and oxygen atoms in total. The maximum Gasteiger partial charge on any atom is 0.341 e. The summed E-state index contributed by atoms with van der Waals surface area (Å²) in [5.41, 5.74) is 1.58. The Balaban J connectivity index is 1.86. The first-order valence-corrected chi connectivity index (χ1v) is 12.5. The molecule has 196 valence electrons. The number of hydrogen-bond donors (Lipinski definition) is 0. The first-order valence-electron chi connectivity index (χ1n) is 12.5. The summed E-state index contributed by atoms with van der Waals surface area (Å²) >= 11 is 0. The number of aromatic nitrogens is 3. The van der Waals surface area contributed by atoms with Gasteiger partial charge in [0.15, 0.2) is 5.49 Å². The molecule has 0 N–H and O–H groups in total. The van der Waals surface area contributed by atoms with E-state index in [9.17, 15) is 14.4 Å². The van der Waals surface area contributed by atoms with Gasteiger partial charge in [-0.2, -0.15) is 4.99 Å². The molecule has 0 saturated carbocycles. The van der Waals surface area contributed by atoms with Gasteiger partial charge in [-0.05, 0) is 62.6 Å². The van der Waals surface area contributed by atoms with Crippen LogP contribution in [0.1, 0.15) is 46.0 Å². The van der Waals surface area contributed by atoms with Gasteiger partial charge in [-0.15, -0.1) is 0 Å². The van der Waals surface area contributed by atoms with Crippen LogP contribution in [0, 0.1) is 6.92 Å². The predicted octanol–water partition coefficient (Wildman–Crippen LogP) is 3.06. The average molecular weight is 517 g/mol. The second kappa shape index (κ2) is 10.6. The van der Waals surface area contributed by atoms with Crippen molar-refractivity contribution in [2.24, 2.45) is 4.99 Å². The summed E-state index contributed by atoms with van der Waals surface area (Å²) in [7, 11) is 1.51. The summed E-state index contributed by atoms with van der Waals surface area (Å²) in [6.07, 6.45) is 3.11. The number of nitrogens with zero attached hydrogens (tertiary/aromatic N) is 4. The fourth-order valence-electron chi connectivity index (χ4n) is 4.65. The zero-order valence-corrected chi connectivity index (χ0v) is 21.5. The van der Waals surface area contributed by atoms with Gasteiger partial charge < -0.3 is 18.8 Å². The molecule has 4 aromatic rings. The van der Waals surface area contributed by atoms with Crippen molar-refractivity contribution in [3.8, 4) is 5.75 Å². The molecule has 4 heterocycles. The molecular formula is C28H28N4O6. The molecule has 1 aliphatic rings. The summed E-state index contributed by atoms with van der Waals surface area (Å²) in [6.45, 7) is 4.52. The number of carbonyl (C=O) groups is 2. The summed E-state index contributed by atoms with van der Waals surface area (Å²) in [4.78, 5) is 49.3. The molecule has 0 spiro atoms.